The van der Waals surface area contributed by atoms with E-state index in [2.05, 4.69) is 17.0 Å². The zero-order valence-corrected chi connectivity index (χ0v) is 20.4. The number of ether oxygens (including phenoxy) is 2. The molecule has 1 atom stereocenters. The first-order chi connectivity index (χ1) is 17.7. The van der Waals surface area contributed by atoms with E-state index in [9.17, 15) is 5.41 Å². The predicted octanol–water partition coefficient (Wildman–Crippen LogP) is 3.86. The van der Waals surface area contributed by atoms with Crippen LogP contribution in [0.2, 0.25) is 0 Å². The van der Waals surface area contributed by atoms with Crippen molar-refractivity contribution in [1.29, 1.82) is 5.41 Å². The van der Waals surface area contributed by atoms with Crippen LogP contribution in [-0.2, 0) is 11.3 Å². The number of aromatic nitrogens is 4. The Morgan fingerprint density at radius 2 is 1.67 bits per heavy atom. The molecule has 0 bridgehead atoms. The number of hydrogen-bond acceptors (Lipinski definition) is 6. The van der Waals surface area contributed by atoms with Crippen LogP contribution in [0.25, 0.3) is 5.69 Å². The Balaban J connectivity index is 1.40. The summed E-state index contributed by atoms with van der Waals surface area (Å²) < 4.78 is 15.7. The summed E-state index contributed by atoms with van der Waals surface area (Å²) in [5.41, 5.74) is 5.12. The van der Waals surface area contributed by atoms with E-state index in [-0.39, 0.29) is 5.92 Å². The number of nitrogens with one attached hydrogen (secondary N) is 1. The number of para-hydroxylation sites is 1. The Morgan fingerprint density at radius 1 is 0.944 bits per heavy atom. The molecule has 2 aliphatic heterocycles. The maximum atomic E-state index is 9.19. The molecule has 1 N–H and O–H groups in total. The lowest BCUT2D eigenvalue weighted by Crippen LogP contribution is -2.37. The maximum absolute atomic E-state index is 9.19. The van der Waals surface area contributed by atoms with Crippen LogP contribution in [0.1, 0.15) is 34.7 Å². The molecule has 6 rings (SSSR count). The Morgan fingerprint density at radius 3 is 2.42 bits per heavy atom. The second-order valence-electron chi connectivity index (χ2n) is 9.31. The Hall–Kier alpha value is -3.75. The average Bonchev–Trinajstić information content (AvgIpc) is 3.26. The number of morpholine rings is 1. The van der Waals surface area contributed by atoms with Crippen molar-refractivity contribution in [3.63, 3.8) is 0 Å². The third-order valence-electron chi connectivity index (χ3n) is 7.03. The zero-order valence-electron chi connectivity index (χ0n) is 20.4. The molecule has 0 unspecified atom stereocenters. The molecule has 36 heavy (non-hydrogen) atoms. The summed E-state index contributed by atoms with van der Waals surface area (Å²) in [6, 6.07) is 20.3. The highest BCUT2D eigenvalue weighted by Gasteiger charge is 2.37. The van der Waals surface area contributed by atoms with Crippen LogP contribution in [0.15, 0.2) is 67.0 Å². The molecule has 2 aromatic heterocycles. The van der Waals surface area contributed by atoms with Crippen LogP contribution < -0.4 is 10.2 Å². The second kappa shape index (κ2) is 9.72. The lowest BCUT2D eigenvalue weighted by Gasteiger charge is -2.28. The van der Waals surface area contributed by atoms with E-state index in [4.69, 9.17) is 19.6 Å². The molecule has 0 spiro atoms. The minimum absolute atomic E-state index is 0.186. The molecule has 1 saturated heterocycles. The third kappa shape index (κ3) is 4.12. The summed E-state index contributed by atoms with van der Waals surface area (Å²) in [7, 11) is 0. The Labute approximate surface area is 210 Å². The third-order valence-corrected chi connectivity index (χ3v) is 7.03. The first-order valence-electron chi connectivity index (χ1n) is 12.5. The van der Waals surface area contributed by atoms with Gasteiger partial charge >= 0.3 is 0 Å². The van der Waals surface area contributed by atoms with Gasteiger partial charge in [-0.05, 0) is 31.0 Å². The van der Waals surface area contributed by atoms with Gasteiger partial charge in [-0.25, -0.2) is 9.67 Å². The molecule has 2 aliphatic rings. The molecule has 184 valence electrons. The molecule has 8 heteroatoms. The van der Waals surface area contributed by atoms with Gasteiger partial charge in [0.15, 0.2) is 0 Å². The van der Waals surface area contributed by atoms with Crippen molar-refractivity contribution >= 4 is 0 Å². The Bertz CT molecular complexity index is 1410. The first kappa shape index (κ1) is 22.7. The van der Waals surface area contributed by atoms with E-state index < -0.39 is 0 Å². The monoisotopic (exact) mass is 482 g/mol. The number of hydrogen-bond donors (Lipinski definition) is 1. The van der Waals surface area contributed by atoms with E-state index in [0.29, 0.717) is 17.2 Å². The van der Waals surface area contributed by atoms with Crippen molar-refractivity contribution < 1.29 is 9.47 Å². The molecule has 0 aliphatic carbocycles. The van der Waals surface area contributed by atoms with Gasteiger partial charge in [-0.3, -0.25) is 10.3 Å². The molecule has 4 heterocycles. The highest BCUT2D eigenvalue weighted by Crippen LogP contribution is 2.47. The molecule has 2 aromatic carbocycles. The van der Waals surface area contributed by atoms with Crippen LogP contribution in [0.3, 0.4) is 0 Å². The van der Waals surface area contributed by atoms with Crippen LogP contribution in [0.4, 0.5) is 0 Å². The maximum Gasteiger partial charge on any atom is 0.230 e. The highest BCUT2D eigenvalue weighted by molar-refractivity contribution is 5.57. The molecule has 0 saturated carbocycles. The lowest BCUT2D eigenvalue weighted by molar-refractivity contribution is 0.0369. The average molecular weight is 483 g/mol. The van der Waals surface area contributed by atoms with E-state index in [1.54, 1.807) is 6.33 Å². The summed E-state index contributed by atoms with van der Waals surface area (Å²) in [4.78, 5) is 7.13. The molecule has 1 fully saturated rings. The van der Waals surface area contributed by atoms with Crippen molar-refractivity contribution in [2.45, 2.75) is 25.8 Å². The zero-order chi connectivity index (χ0) is 24.5. The number of nitrogens with zero attached hydrogens (tertiary/aromatic N) is 5. The molecule has 0 radical (unpaired) electrons. The fourth-order valence-corrected chi connectivity index (χ4v) is 5.21. The number of fused-ring (bicyclic) bond motifs is 2. The summed E-state index contributed by atoms with van der Waals surface area (Å²) in [6.45, 7) is 7.26. The van der Waals surface area contributed by atoms with E-state index in [0.717, 1.165) is 73.9 Å². The van der Waals surface area contributed by atoms with Crippen molar-refractivity contribution in [3.8, 4) is 17.4 Å². The fraction of sp³-hybridized carbons (Fsp3) is 0.321. The number of benzene rings is 2. The molecular weight excluding hydrogens is 452 g/mol. The normalized spacial score (nSPS) is 17.3. The summed E-state index contributed by atoms with van der Waals surface area (Å²) in [6.07, 6.45) is 2.69. The molecule has 0 amide bonds. The smallest absolute Gasteiger partial charge is 0.230 e. The largest absolute Gasteiger partial charge is 0.420 e. The van der Waals surface area contributed by atoms with E-state index >= 15 is 0 Å². The highest BCUT2D eigenvalue weighted by atomic mass is 16.5. The van der Waals surface area contributed by atoms with E-state index in [1.165, 1.54) is 0 Å². The van der Waals surface area contributed by atoms with Gasteiger partial charge in [-0.2, -0.15) is 5.10 Å². The predicted molar refractivity (Wildman–Crippen MR) is 136 cm³/mol. The molecule has 8 nitrogen and oxygen atoms in total. The fourth-order valence-electron chi connectivity index (χ4n) is 5.21. The van der Waals surface area contributed by atoms with Crippen molar-refractivity contribution in [2.24, 2.45) is 0 Å². The van der Waals surface area contributed by atoms with Crippen molar-refractivity contribution in [2.75, 3.05) is 32.8 Å². The van der Waals surface area contributed by atoms with Gasteiger partial charge in [0.1, 0.15) is 11.8 Å². The quantitative estimate of drug-likeness (QED) is 0.397. The van der Waals surface area contributed by atoms with Crippen LogP contribution in [0.5, 0.6) is 11.8 Å². The molecular formula is C28H30N6O2. The first-order valence-corrected chi connectivity index (χ1v) is 12.5. The standard InChI is InChI=1S/C28H30N6O2/c1-20-23-24(21-9-4-2-5-10-21)25-26(29)33(14-8-13-32-15-17-35-18-16-32)19-30-27(25)36-28(23)34(31-20)22-11-6-3-7-12-22/h2-7,9-12,19,24,29H,8,13-18H2,1H3/t24-/m1/s1. The molecule has 4 aromatic rings. The van der Waals surface area contributed by atoms with Crippen LogP contribution >= 0.6 is 0 Å². The second-order valence-corrected chi connectivity index (χ2v) is 9.31. The van der Waals surface area contributed by atoms with Gasteiger partial charge in [0.25, 0.3) is 0 Å². The summed E-state index contributed by atoms with van der Waals surface area (Å²) in [5.74, 6) is 0.953. The minimum atomic E-state index is -0.186. The van der Waals surface area contributed by atoms with Gasteiger partial charge in [-0.15, -0.1) is 0 Å². The summed E-state index contributed by atoms with van der Waals surface area (Å²) in [5, 5.41) is 14.0. The van der Waals surface area contributed by atoms with Crippen LogP contribution in [-0.4, -0.2) is 57.1 Å². The van der Waals surface area contributed by atoms with Gasteiger partial charge in [0, 0.05) is 26.2 Å². The van der Waals surface area contributed by atoms with Crippen molar-refractivity contribution in [3.05, 3.63) is 94.9 Å². The minimum Gasteiger partial charge on any atom is -0.420 e. The SMILES string of the molecule is Cc1nn(-c2ccccc2)c2c1[C@@H](c1ccccc1)c1c(ncn(CCCN3CCOCC3)c1=N)O2. The Kier molecular flexibility index (Phi) is 6.13. The van der Waals surface area contributed by atoms with Gasteiger partial charge in [0.05, 0.1) is 41.6 Å². The number of rotatable bonds is 6. The van der Waals surface area contributed by atoms with Crippen LogP contribution in [0, 0.1) is 12.3 Å². The van der Waals surface area contributed by atoms with Gasteiger partial charge < -0.3 is 14.0 Å². The van der Waals surface area contributed by atoms with Gasteiger partial charge in [0.2, 0.25) is 11.8 Å². The topological polar surface area (TPSA) is 81.2 Å². The lowest BCUT2D eigenvalue weighted by atomic mass is 9.84. The summed E-state index contributed by atoms with van der Waals surface area (Å²) >= 11 is 0. The van der Waals surface area contributed by atoms with Crippen molar-refractivity contribution in [1.82, 2.24) is 24.2 Å². The van der Waals surface area contributed by atoms with E-state index in [1.807, 2.05) is 64.7 Å². The van der Waals surface area contributed by atoms with Gasteiger partial charge in [-0.1, -0.05) is 48.5 Å². The number of aryl methyl sites for hydroxylation is 2.